The standard InChI is InChI=1S/C19H27N3O4S/c1-14(2)22(5)27(24,25)18-10-7-16(8-11-18)20-19(23)13-21(4)12-17-9-6-15(3)26-17/h6-11,14H,12-13H2,1-5H3,(H,20,23). The van der Waals surface area contributed by atoms with Gasteiger partial charge in [-0.25, -0.2) is 8.42 Å². The molecule has 1 amide bonds. The Balaban J connectivity index is 1.94. The highest BCUT2D eigenvalue weighted by Gasteiger charge is 2.22. The highest BCUT2D eigenvalue weighted by molar-refractivity contribution is 7.89. The van der Waals surface area contributed by atoms with Crippen LogP contribution in [0.15, 0.2) is 45.7 Å². The van der Waals surface area contributed by atoms with E-state index in [1.54, 1.807) is 19.2 Å². The first-order valence-electron chi connectivity index (χ1n) is 8.71. The quantitative estimate of drug-likeness (QED) is 0.746. The van der Waals surface area contributed by atoms with E-state index in [-0.39, 0.29) is 23.4 Å². The summed E-state index contributed by atoms with van der Waals surface area (Å²) in [5, 5.41) is 2.77. The molecule has 0 fully saturated rings. The van der Waals surface area contributed by atoms with Crippen LogP contribution in [-0.4, -0.2) is 50.2 Å². The number of furan rings is 1. The first kappa shape index (κ1) is 21.1. The number of hydrogen-bond donors (Lipinski definition) is 1. The van der Waals surface area contributed by atoms with Crippen LogP contribution < -0.4 is 5.32 Å². The van der Waals surface area contributed by atoms with Crippen LogP contribution in [0.5, 0.6) is 0 Å². The van der Waals surface area contributed by atoms with Crippen molar-refractivity contribution < 1.29 is 17.6 Å². The van der Waals surface area contributed by atoms with Gasteiger partial charge in [-0.3, -0.25) is 9.69 Å². The van der Waals surface area contributed by atoms with Crippen molar-refractivity contribution in [2.45, 2.75) is 38.3 Å². The maximum Gasteiger partial charge on any atom is 0.243 e. The molecule has 0 aliphatic carbocycles. The van der Waals surface area contributed by atoms with Crippen LogP contribution >= 0.6 is 0 Å². The number of aryl methyl sites for hydroxylation is 1. The van der Waals surface area contributed by atoms with Gasteiger partial charge >= 0.3 is 0 Å². The van der Waals surface area contributed by atoms with Gasteiger partial charge in [-0.05, 0) is 64.2 Å². The molecule has 8 heteroatoms. The van der Waals surface area contributed by atoms with Gasteiger partial charge in [0.05, 0.1) is 18.0 Å². The molecule has 0 saturated heterocycles. The molecule has 0 aliphatic rings. The van der Waals surface area contributed by atoms with E-state index in [9.17, 15) is 13.2 Å². The largest absolute Gasteiger partial charge is 0.465 e. The molecule has 148 valence electrons. The summed E-state index contributed by atoms with van der Waals surface area (Å²) in [5.74, 6) is 1.45. The molecule has 0 saturated carbocycles. The molecular weight excluding hydrogens is 366 g/mol. The number of hydrogen-bond acceptors (Lipinski definition) is 5. The number of sulfonamides is 1. The maximum atomic E-state index is 12.5. The molecule has 1 N–H and O–H groups in total. The zero-order valence-electron chi connectivity index (χ0n) is 16.4. The first-order chi connectivity index (χ1) is 12.6. The number of carbonyl (C=O) groups is 1. The molecule has 1 aromatic carbocycles. The Morgan fingerprint density at radius 3 is 2.26 bits per heavy atom. The summed E-state index contributed by atoms with van der Waals surface area (Å²) in [7, 11) is -0.157. The van der Waals surface area contributed by atoms with Gasteiger partial charge in [0.2, 0.25) is 15.9 Å². The fourth-order valence-electron chi connectivity index (χ4n) is 2.49. The molecule has 0 aliphatic heterocycles. The Morgan fingerprint density at radius 1 is 1.11 bits per heavy atom. The van der Waals surface area contributed by atoms with E-state index in [0.717, 1.165) is 11.5 Å². The highest BCUT2D eigenvalue weighted by Crippen LogP contribution is 2.19. The smallest absolute Gasteiger partial charge is 0.243 e. The monoisotopic (exact) mass is 393 g/mol. The lowest BCUT2D eigenvalue weighted by atomic mass is 10.3. The van der Waals surface area contributed by atoms with Crippen LogP contribution in [0.3, 0.4) is 0 Å². The predicted molar refractivity (Wildman–Crippen MR) is 105 cm³/mol. The highest BCUT2D eigenvalue weighted by atomic mass is 32.2. The van der Waals surface area contributed by atoms with Crippen LogP contribution in [0.2, 0.25) is 0 Å². The maximum absolute atomic E-state index is 12.5. The average molecular weight is 394 g/mol. The zero-order chi connectivity index (χ0) is 20.2. The Hall–Kier alpha value is -2.16. The summed E-state index contributed by atoms with van der Waals surface area (Å²) in [6, 6.07) is 9.82. The fraction of sp³-hybridized carbons (Fsp3) is 0.421. The van der Waals surface area contributed by atoms with Crippen molar-refractivity contribution in [1.82, 2.24) is 9.21 Å². The SMILES string of the molecule is Cc1ccc(CN(C)CC(=O)Nc2ccc(S(=O)(=O)N(C)C(C)C)cc2)o1. The van der Waals surface area contributed by atoms with E-state index in [1.807, 2.05) is 44.9 Å². The molecule has 0 bridgehead atoms. The van der Waals surface area contributed by atoms with E-state index >= 15 is 0 Å². The van der Waals surface area contributed by atoms with Crippen molar-refractivity contribution in [3.8, 4) is 0 Å². The number of benzene rings is 1. The lowest BCUT2D eigenvalue weighted by Crippen LogP contribution is -2.33. The topological polar surface area (TPSA) is 82.9 Å². The Morgan fingerprint density at radius 2 is 1.74 bits per heavy atom. The molecular formula is C19H27N3O4S. The Bertz CT molecular complexity index is 873. The van der Waals surface area contributed by atoms with Crippen LogP contribution in [0, 0.1) is 6.92 Å². The number of carbonyl (C=O) groups excluding carboxylic acids is 1. The van der Waals surface area contributed by atoms with Gasteiger partial charge in [0, 0.05) is 18.8 Å². The van der Waals surface area contributed by atoms with Gasteiger partial charge < -0.3 is 9.73 Å². The average Bonchev–Trinajstić information content (AvgIpc) is 2.98. The van der Waals surface area contributed by atoms with Crippen LogP contribution in [0.4, 0.5) is 5.69 Å². The second-order valence-corrected chi connectivity index (χ2v) is 8.87. The van der Waals surface area contributed by atoms with Crippen LogP contribution in [-0.2, 0) is 21.4 Å². The molecule has 1 heterocycles. The van der Waals surface area contributed by atoms with E-state index in [4.69, 9.17) is 4.42 Å². The third-order valence-corrected chi connectivity index (χ3v) is 6.23. The number of rotatable bonds is 8. The summed E-state index contributed by atoms with van der Waals surface area (Å²) in [6.45, 7) is 6.22. The molecule has 27 heavy (non-hydrogen) atoms. The second-order valence-electron chi connectivity index (χ2n) is 6.87. The summed E-state index contributed by atoms with van der Waals surface area (Å²) in [4.78, 5) is 14.2. The van der Waals surface area contributed by atoms with Crippen molar-refractivity contribution >= 4 is 21.6 Å². The first-order valence-corrected chi connectivity index (χ1v) is 10.2. The third-order valence-electron chi connectivity index (χ3n) is 4.18. The van der Waals surface area contributed by atoms with Crippen molar-refractivity contribution in [2.24, 2.45) is 0 Å². The number of anilines is 1. The van der Waals surface area contributed by atoms with Crippen molar-refractivity contribution in [3.63, 3.8) is 0 Å². The predicted octanol–water partition coefficient (Wildman–Crippen LogP) is 2.69. The lowest BCUT2D eigenvalue weighted by molar-refractivity contribution is -0.117. The molecule has 1 aromatic heterocycles. The van der Waals surface area contributed by atoms with Gasteiger partial charge in [-0.2, -0.15) is 4.31 Å². The van der Waals surface area contributed by atoms with Gasteiger partial charge in [0.25, 0.3) is 0 Å². The number of nitrogens with one attached hydrogen (secondary N) is 1. The summed E-state index contributed by atoms with van der Waals surface area (Å²) >= 11 is 0. The second kappa shape index (κ2) is 8.69. The number of amides is 1. The Labute approximate surface area is 161 Å². The van der Waals surface area contributed by atoms with Gasteiger partial charge in [-0.15, -0.1) is 0 Å². The molecule has 7 nitrogen and oxygen atoms in total. The van der Waals surface area contributed by atoms with Crippen molar-refractivity contribution in [1.29, 1.82) is 0 Å². The molecule has 0 unspecified atom stereocenters. The fourth-order valence-corrected chi connectivity index (χ4v) is 3.86. The van der Waals surface area contributed by atoms with Crippen molar-refractivity contribution in [3.05, 3.63) is 47.9 Å². The zero-order valence-corrected chi connectivity index (χ0v) is 17.2. The van der Waals surface area contributed by atoms with E-state index in [2.05, 4.69) is 5.32 Å². The molecule has 0 spiro atoms. The Kier molecular flexibility index (Phi) is 6.80. The van der Waals surface area contributed by atoms with E-state index < -0.39 is 10.0 Å². The van der Waals surface area contributed by atoms with Crippen molar-refractivity contribution in [2.75, 3.05) is 26.0 Å². The third kappa shape index (κ3) is 5.66. The molecule has 2 rings (SSSR count). The van der Waals surface area contributed by atoms with Crippen LogP contribution in [0.1, 0.15) is 25.4 Å². The minimum absolute atomic E-state index is 0.136. The summed E-state index contributed by atoms with van der Waals surface area (Å²) in [6.07, 6.45) is 0. The number of nitrogens with zero attached hydrogens (tertiary/aromatic N) is 2. The summed E-state index contributed by atoms with van der Waals surface area (Å²) < 4.78 is 31.7. The van der Waals surface area contributed by atoms with E-state index in [1.165, 1.54) is 16.4 Å². The molecule has 0 radical (unpaired) electrons. The van der Waals surface area contributed by atoms with Crippen LogP contribution in [0.25, 0.3) is 0 Å². The molecule has 0 atom stereocenters. The van der Waals surface area contributed by atoms with Gasteiger partial charge in [-0.1, -0.05) is 0 Å². The van der Waals surface area contributed by atoms with E-state index in [0.29, 0.717) is 12.2 Å². The lowest BCUT2D eigenvalue weighted by Gasteiger charge is -2.21. The summed E-state index contributed by atoms with van der Waals surface area (Å²) in [5.41, 5.74) is 0.549. The minimum atomic E-state index is -3.53. The number of likely N-dealkylation sites (N-methyl/N-ethyl adjacent to an activating group) is 1. The van der Waals surface area contributed by atoms with Gasteiger partial charge in [0.15, 0.2) is 0 Å². The molecule has 2 aromatic rings. The normalized spacial score (nSPS) is 12.1. The van der Waals surface area contributed by atoms with Gasteiger partial charge in [0.1, 0.15) is 11.5 Å². The minimum Gasteiger partial charge on any atom is -0.465 e.